The average Bonchev–Trinajstić information content (AvgIpc) is 2.48. The smallest absolute Gasteiger partial charge is 0.00722 e. The second-order valence-electron chi connectivity index (χ2n) is 8.20. The maximum atomic E-state index is 4.01. The summed E-state index contributed by atoms with van der Waals surface area (Å²) < 4.78 is 0. The van der Waals surface area contributed by atoms with Crippen molar-refractivity contribution in [2.24, 2.45) is 17.3 Å². The highest BCUT2D eigenvalue weighted by Crippen LogP contribution is 2.40. The lowest BCUT2D eigenvalue weighted by molar-refractivity contribution is 0.129. The summed E-state index contributed by atoms with van der Waals surface area (Å²) in [7, 11) is 0. The van der Waals surface area contributed by atoms with Crippen LogP contribution in [0.4, 0.5) is 0 Å². The lowest BCUT2D eigenvalue weighted by atomic mass is 9.68. The molecule has 0 aromatic rings. The Hall–Kier alpha value is -0.0400. The van der Waals surface area contributed by atoms with E-state index in [4.69, 9.17) is 0 Å². The van der Waals surface area contributed by atoms with Crippen LogP contribution in [0.5, 0.6) is 0 Å². The monoisotopic (exact) mass is 279 g/mol. The van der Waals surface area contributed by atoms with Crippen LogP contribution in [0.15, 0.2) is 0 Å². The molecule has 2 rings (SSSR count). The molecule has 0 aromatic carbocycles. The van der Waals surface area contributed by atoms with Crippen molar-refractivity contribution in [2.45, 2.75) is 104 Å². The molecule has 1 heteroatoms. The summed E-state index contributed by atoms with van der Waals surface area (Å²) in [5.74, 6) is 1.96. The van der Waals surface area contributed by atoms with Gasteiger partial charge < -0.3 is 5.32 Å². The molecule has 0 spiro atoms. The van der Waals surface area contributed by atoms with Gasteiger partial charge in [-0.3, -0.25) is 0 Å². The highest BCUT2D eigenvalue weighted by molar-refractivity contribution is 4.87. The Morgan fingerprint density at radius 1 is 0.900 bits per heavy atom. The maximum Gasteiger partial charge on any atom is 0.00722 e. The molecule has 2 saturated carbocycles. The van der Waals surface area contributed by atoms with Crippen molar-refractivity contribution in [2.75, 3.05) is 0 Å². The normalized spacial score (nSPS) is 36.0. The fourth-order valence-electron chi connectivity index (χ4n) is 4.48. The first-order valence-corrected chi connectivity index (χ1v) is 9.31. The Morgan fingerprint density at radius 3 is 2.20 bits per heavy atom. The molecule has 2 aliphatic carbocycles. The Labute approximate surface area is 127 Å². The topological polar surface area (TPSA) is 12.0 Å². The van der Waals surface area contributed by atoms with Crippen molar-refractivity contribution in [1.29, 1.82) is 0 Å². The van der Waals surface area contributed by atoms with Gasteiger partial charge in [-0.05, 0) is 55.8 Å². The van der Waals surface area contributed by atoms with E-state index in [1.807, 2.05) is 0 Å². The molecule has 118 valence electrons. The van der Waals surface area contributed by atoms with Crippen molar-refractivity contribution >= 4 is 0 Å². The van der Waals surface area contributed by atoms with E-state index in [9.17, 15) is 0 Å². The van der Waals surface area contributed by atoms with Crippen LogP contribution in [0.1, 0.15) is 91.9 Å². The van der Waals surface area contributed by atoms with Crippen LogP contribution in [0.25, 0.3) is 0 Å². The van der Waals surface area contributed by atoms with Crippen LogP contribution < -0.4 is 5.32 Å². The van der Waals surface area contributed by atoms with E-state index in [2.05, 4.69) is 33.0 Å². The van der Waals surface area contributed by atoms with E-state index in [1.165, 1.54) is 64.2 Å². The summed E-state index contributed by atoms with van der Waals surface area (Å²) in [5, 5.41) is 4.01. The van der Waals surface area contributed by atoms with Crippen LogP contribution in [0, 0.1) is 17.3 Å². The second-order valence-corrected chi connectivity index (χ2v) is 8.20. The maximum absolute atomic E-state index is 4.01. The first-order chi connectivity index (χ1) is 9.55. The molecule has 0 aliphatic heterocycles. The van der Waals surface area contributed by atoms with Crippen LogP contribution in [0.2, 0.25) is 0 Å². The molecule has 0 heterocycles. The van der Waals surface area contributed by atoms with Crippen molar-refractivity contribution in [3.05, 3.63) is 0 Å². The SMILES string of the molecule is CCC1CCCC(NC2CCC(C(C)(C)CC)CC2)C1. The van der Waals surface area contributed by atoms with Gasteiger partial charge in [0.2, 0.25) is 0 Å². The van der Waals surface area contributed by atoms with Gasteiger partial charge in [-0.15, -0.1) is 0 Å². The molecule has 0 amide bonds. The third-order valence-corrected chi connectivity index (χ3v) is 6.58. The number of nitrogens with one attached hydrogen (secondary N) is 1. The minimum absolute atomic E-state index is 0.559. The highest BCUT2D eigenvalue weighted by atomic mass is 15.0. The summed E-state index contributed by atoms with van der Waals surface area (Å²) in [6.45, 7) is 9.67. The summed E-state index contributed by atoms with van der Waals surface area (Å²) >= 11 is 0. The van der Waals surface area contributed by atoms with E-state index in [0.717, 1.165) is 23.9 Å². The van der Waals surface area contributed by atoms with Crippen LogP contribution in [0.3, 0.4) is 0 Å². The van der Waals surface area contributed by atoms with E-state index >= 15 is 0 Å². The van der Waals surface area contributed by atoms with Gasteiger partial charge >= 0.3 is 0 Å². The standard InChI is InChI=1S/C19H37N/c1-5-15-8-7-9-18(14-15)20-17-12-10-16(11-13-17)19(3,4)6-2/h15-18,20H,5-14H2,1-4H3. The molecule has 0 saturated heterocycles. The van der Waals surface area contributed by atoms with Gasteiger partial charge in [-0.1, -0.05) is 53.4 Å². The minimum Gasteiger partial charge on any atom is -0.311 e. The third-order valence-electron chi connectivity index (χ3n) is 6.58. The summed E-state index contributed by atoms with van der Waals surface area (Å²) in [6.07, 6.45) is 14.2. The second kappa shape index (κ2) is 7.29. The fraction of sp³-hybridized carbons (Fsp3) is 1.00. The molecule has 2 atom stereocenters. The van der Waals surface area contributed by atoms with Crippen molar-refractivity contribution in [3.8, 4) is 0 Å². The molecule has 0 radical (unpaired) electrons. The van der Waals surface area contributed by atoms with Crippen molar-refractivity contribution in [1.82, 2.24) is 5.32 Å². The van der Waals surface area contributed by atoms with Crippen LogP contribution in [-0.2, 0) is 0 Å². The summed E-state index contributed by atoms with van der Waals surface area (Å²) in [6, 6.07) is 1.65. The van der Waals surface area contributed by atoms with Gasteiger partial charge in [0, 0.05) is 12.1 Å². The Morgan fingerprint density at radius 2 is 1.60 bits per heavy atom. The first-order valence-electron chi connectivity index (χ1n) is 9.31. The summed E-state index contributed by atoms with van der Waals surface area (Å²) in [5.41, 5.74) is 0.559. The largest absolute Gasteiger partial charge is 0.311 e. The molecule has 2 aliphatic rings. The lowest BCUT2D eigenvalue weighted by Gasteiger charge is -2.41. The Kier molecular flexibility index (Phi) is 5.95. The Balaban J connectivity index is 1.74. The van der Waals surface area contributed by atoms with Gasteiger partial charge in [0.25, 0.3) is 0 Å². The number of hydrogen-bond donors (Lipinski definition) is 1. The van der Waals surface area contributed by atoms with E-state index in [1.54, 1.807) is 0 Å². The van der Waals surface area contributed by atoms with Gasteiger partial charge in [-0.2, -0.15) is 0 Å². The molecule has 20 heavy (non-hydrogen) atoms. The highest BCUT2D eigenvalue weighted by Gasteiger charge is 2.32. The molecule has 2 fully saturated rings. The molecular formula is C19H37N. The number of hydrogen-bond acceptors (Lipinski definition) is 1. The molecule has 1 N–H and O–H groups in total. The van der Waals surface area contributed by atoms with Gasteiger partial charge in [0.15, 0.2) is 0 Å². The van der Waals surface area contributed by atoms with Gasteiger partial charge in [0.1, 0.15) is 0 Å². The fourth-order valence-corrected chi connectivity index (χ4v) is 4.48. The number of rotatable bonds is 5. The zero-order valence-electron chi connectivity index (χ0n) is 14.4. The third kappa shape index (κ3) is 4.23. The average molecular weight is 280 g/mol. The zero-order valence-corrected chi connectivity index (χ0v) is 14.4. The van der Waals surface area contributed by atoms with Crippen LogP contribution >= 0.6 is 0 Å². The van der Waals surface area contributed by atoms with Crippen molar-refractivity contribution in [3.63, 3.8) is 0 Å². The molecule has 2 unspecified atom stereocenters. The van der Waals surface area contributed by atoms with E-state index in [-0.39, 0.29) is 0 Å². The van der Waals surface area contributed by atoms with E-state index < -0.39 is 0 Å². The van der Waals surface area contributed by atoms with Crippen molar-refractivity contribution < 1.29 is 0 Å². The predicted octanol–water partition coefficient (Wildman–Crippen LogP) is 5.54. The first kappa shape index (κ1) is 16.3. The summed E-state index contributed by atoms with van der Waals surface area (Å²) in [4.78, 5) is 0. The molecule has 0 aromatic heterocycles. The lowest BCUT2D eigenvalue weighted by Crippen LogP contribution is -2.44. The molecular weight excluding hydrogens is 242 g/mol. The quantitative estimate of drug-likeness (QED) is 0.696. The molecule has 1 nitrogen and oxygen atoms in total. The van der Waals surface area contributed by atoms with Gasteiger partial charge in [0.05, 0.1) is 0 Å². The predicted molar refractivity (Wildman–Crippen MR) is 89.0 cm³/mol. The zero-order chi connectivity index (χ0) is 14.6. The van der Waals surface area contributed by atoms with Gasteiger partial charge in [-0.25, -0.2) is 0 Å². The molecule has 0 bridgehead atoms. The Bertz CT molecular complexity index is 275. The van der Waals surface area contributed by atoms with E-state index in [0.29, 0.717) is 5.41 Å². The minimum atomic E-state index is 0.559. The van der Waals surface area contributed by atoms with Crippen LogP contribution in [-0.4, -0.2) is 12.1 Å².